The van der Waals surface area contributed by atoms with Crippen molar-refractivity contribution in [2.45, 2.75) is 17.6 Å². The van der Waals surface area contributed by atoms with E-state index < -0.39 is 0 Å². The topological polar surface area (TPSA) is 46.2 Å². The lowest BCUT2D eigenvalue weighted by Crippen LogP contribution is -2.13. The molecule has 130 valence electrons. The number of anilines is 1. The van der Waals surface area contributed by atoms with E-state index in [4.69, 9.17) is 0 Å². The summed E-state index contributed by atoms with van der Waals surface area (Å²) in [6, 6.07) is 24.7. The summed E-state index contributed by atoms with van der Waals surface area (Å²) in [4.78, 5) is 25.2. The Bertz CT molecular complexity index is 922. The van der Waals surface area contributed by atoms with Crippen molar-refractivity contribution < 1.29 is 9.59 Å². The van der Waals surface area contributed by atoms with Gasteiger partial charge in [0.25, 0.3) is 5.91 Å². The van der Waals surface area contributed by atoms with Gasteiger partial charge in [0.15, 0.2) is 5.78 Å². The molecule has 0 spiro atoms. The molecule has 0 unspecified atom stereocenters. The van der Waals surface area contributed by atoms with E-state index in [1.165, 1.54) is 12.5 Å². The van der Waals surface area contributed by atoms with Gasteiger partial charge < -0.3 is 5.32 Å². The lowest BCUT2D eigenvalue weighted by atomic mass is 10.1. The minimum atomic E-state index is -0.179. The Morgan fingerprint density at radius 3 is 2.38 bits per heavy atom. The summed E-state index contributed by atoms with van der Waals surface area (Å²) in [5.74, 6) is 0.590. The van der Waals surface area contributed by atoms with Crippen LogP contribution in [0.1, 0.15) is 33.2 Å². The summed E-state index contributed by atoms with van der Waals surface area (Å²) in [5, 5.41) is 2.89. The average Bonchev–Trinajstić information content (AvgIpc) is 2.67. The van der Waals surface area contributed by atoms with Crippen LogP contribution in [0.4, 0.5) is 5.69 Å². The van der Waals surface area contributed by atoms with Crippen molar-refractivity contribution in [1.82, 2.24) is 0 Å². The van der Waals surface area contributed by atoms with Crippen LogP contribution in [0.25, 0.3) is 0 Å². The molecule has 0 heterocycles. The second kappa shape index (κ2) is 8.50. The number of thioether (sulfide) groups is 1. The van der Waals surface area contributed by atoms with Crippen molar-refractivity contribution in [2.24, 2.45) is 0 Å². The van der Waals surface area contributed by atoms with Crippen LogP contribution in [0, 0.1) is 0 Å². The van der Waals surface area contributed by atoms with Crippen LogP contribution in [0.2, 0.25) is 0 Å². The maximum Gasteiger partial charge on any atom is 0.256 e. The Morgan fingerprint density at radius 2 is 1.62 bits per heavy atom. The molecule has 1 N–H and O–H groups in total. The fourth-order valence-corrected chi connectivity index (χ4v) is 3.54. The monoisotopic (exact) mass is 361 g/mol. The molecule has 0 saturated carbocycles. The third-order valence-corrected chi connectivity index (χ3v) is 5.04. The molecule has 3 rings (SSSR count). The van der Waals surface area contributed by atoms with E-state index in [2.05, 4.69) is 17.4 Å². The molecule has 0 aliphatic carbocycles. The van der Waals surface area contributed by atoms with Gasteiger partial charge in [-0.1, -0.05) is 54.6 Å². The Balaban J connectivity index is 1.75. The normalized spacial score (nSPS) is 10.3. The van der Waals surface area contributed by atoms with Gasteiger partial charge in [0.2, 0.25) is 0 Å². The summed E-state index contributed by atoms with van der Waals surface area (Å²) >= 11 is 1.63. The minimum Gasteiger partial charge on any atom is -0.322 e. The first-order chi connectivity index (χ1) is 12.6. The number of rotatable bonds is 6. The third kappa shape index (κ3) is 4.61. The van der Waals surface area contributed by atoms with Crippen molar-refractivity contribution in [3.05, 3.63) is 95.6 Å². The fourth-order valence-electron chi connectivity index (χ4n) is 2.53. The Labute approximate surface area is 157 Å². The number of nitrogens with one attached hydrogen (secondary N) is 1. The van der Waals surface area contributed by atoms with E-state index in [0.29, 0.717) is 16.8 Å². The molecule has 3 aromatic carbocycles. The van der Waals surface area contributed by atoms with Crippen LogP contribution < -0.4 is 5.32 Å². The first-order valence-corrected chi connectivity index (χ1v) is 9.30. The average molecular weight is 361 g/mol. The maximum atomic E-state index is 12.7. The van der Waals surface area contributed by atoms with Gasteiger partial charge in [-0.05, 0) is 36.8 Å². The summed E-state index contributed by atoms with van der Waals surface area (Å²) in [5.41, 5.74) is 3.03. The molecule has 0 aromatic heterocycles. The first-order valence-electron chi connectivity index (χ1n) is 8.31. The number of carbonyl (C=O) groups is 2. The zero-order valence-electron chi connectivity index (χ0n) is 14.4. The van der Waals surface area contributed by atoms with Crippen molar-refractivity contribution in [3.8, 4) is 0 Å². The first kappa shape index (κ1) is 18.0. The van der Waals surface area contributed by atoms with Crippen LogP contribution in [0.5, 0.6) is 0 Å². The smallest absolute Gasteiger partial charge is 0.256 e. The summed E-state index contributed by atoms with van der Waals surface area (Å²) in [7, 11) is 0. The zero-order chi connectivity index (χ0) is 18.4. The molecule has 0 fully saturated rings. The third-order valence-electron chi connectivity index (χ3n) is 3.90. The van der Waals surface area contributed by atoms with Crippen LogP contribution in [-0.4, -0.2) is 11.7 Å². The van der Waals surface area contributed by atoms with E-state index >= 15 is 0 Å². The predicted molar refractivity (Wildman–Crippen MR) is 107 cm³/mol. The minimum absolute atomic E-state index is 0.0279. The summed E-state index contributed by atoms with van der Waals surface area (Å²) in [6.07, 6.45) is 0. The molecule has 26 heavy (non-hydrogen) atoms. The lowest BCUT2D eigenvalue weighted by molar-refractivity contribution is 0.101. The van der Waals surface area contributed by atoms with Gasteiger partial charge in [0.1, 0.15) is 0 Å². The Morgan fingerprint density at radius 1 is 0.885 bits per heavy atom. The van der Waals surface area contributed by atoms with Gasteiger partial charge in [-0.3, -0.25) is 9.59 Å². The number of ketones is 1. The standard InChI is InChI=1S/C22H19NO2S/c1-16(24)18-10-7-11-19(14-18)23-22(25)20-12-5-6-13-21(20)26-15-17-8-3-2-4-9-17/h2-14H,15H2,1H3,(H,23,25). The van der Waals surface area contributed by atoms with Crippen LogP contribution in [0.15, 0.2) is 83.8 Å². The molecular formula is C22H19NO2S. The summed E-state index contributed by atoms with van der Waals surface area (Å²) < 4.78 is 0. The largest absolute Gasteiger partial charge is 0.322 e. The van der Waals surface area contributed by atoms with Gasteiger partial charge in [-0.2, -0.15) is 0 Å². The molecule has 0 saturated heterocycles. The fraction of sp³-hybridized carbons (Fsp3) is 0.0909. The Kier molecular flexibility index (Phi) is 5.87. The second-order valence-electron chi connectivity index (χ2n) is 5.86. The van der Waals surface area contributed by atoms with Crippen LogP contribution >= 0.6 is 11.8 Å². The second-order valence-corrected chi connectivity index (χ2v) is 6.88. The molecule has 4 heteroatoms. The molecule has 3 nitrogen and oxygen atoms in total. The van der Waals surface area contributed by atoms with Crippen LogP contribution in [-0.2, 0) is 5.75 Å². The predicted octanol–water partition coefficient (Wildman–Crippen LogP) is 5.43. The van der Waals surface area contributed by atoms with Gasteiger partial charge in [0, 0.05) is 21.9 Å². The maximum absolute atomic E-state index is 12.7. The summed E-state index contributed by atoms with van der Waals surface area (Å²) in [6.45, 7) is 1.51. The van der Waals surface area contributed by atoms with E-state index in [1.54, 1.807) is 36.0 Å². The van der Waals surface area contributed by atoms with Gasteiger partial charge >= 0.3 is 0 Å². The Hall–Kier alpha value is -2.85. The molecule has 0 bridgehead atoms. The van der Waals surface area contributed by atoms with Gasteiger partial charge in [-0.25, -0.2) is 0 Å². The zero-order valence-corrected chi connectivity index (χ0v) is 15.3. The number of hydrogen-bond acceptors (Lipinski definition) is 3. The highest BCUT2D eigenvalue weighted by atomic mass is 32.2. The molecular weight excluding hydrogens is 342 g/mol. The lowest BCUT2D eigenvalue weighted by Gasteiger charge is -2.10. The highest BCUT2D eigenvalue weighted by molar-refractivity contribution is 7.98. The van der Waals surface area contributed by atoms with Crippen LogP contribution in [0.3, 0.4) is 0 Å². The quantitative estimate of drug-likeness (QED) is 0.470. The van der Waals surface area contributed by atoms with E-state index in [0.717, 1.165) is 10.6 Å². The SMILES string of the molecule is CC(=O)c1cccc(NC(=O)c2ccccc2SCc2ccccc2)c1. The molecule has 1 amide bonds. The van der Waals surface area contributed by atoms with E-state index in [9.17, 15) is 9.59 Å². The van der Waals surface area contributed by atoms with Gasteiger partial charge in [-0.15, -0.1) is 11.8 Å². The van der Waals surface area contributed by atoms with Crippen molar-refractivity contribution in [2.75, 3.05) is 5.32 Å². The van der Waals surface area contributed by atoms with Crippen molar-refractivity contribution >= 4 is 29.1 Å². The number of Topliss-reactive ketones (excluding diaryl/α,β-unsaturated/α-hetero) is 1. The van der Waals surface area contributed by atoms with Crippen molar-refractivity contribution in [1.29, 1.82) is 0 Å². The number of benzene rings is 3. The molecule has 0 aliphatic rings. The van der Waals surface area contributed by atoms with E-state index in [-0.39, 0.29) is 11.7 Å². The number of amides is 1. The molecule has 0 atom stereocenters. The molecule has 0 radical (unpaired) electrons. The number of hydrogen-bond donors (Lipinski definition) is 1. The van der Waals surface area contributed by atoms with Gasteiger partial charge in [0.05, 0.1) is 5.56 Å². The number of carbonyl (C=O) groups excluding carboxylic acids is 2. The van der Waals surface area contributed by atoms with Crippen molar-refractivity contribution in [3.63, 3.8) is 0 Å². The highest BCUT2D eigenvalue weighted by Crippen LogP contribution is 2.27. The van der Waals surface area contributed by atoms with E-state index in [1.807, 2.05) is 42.5 Å². The molecule has 3 aromatic rings. The highest BCUT2D eigenvalue weighted by Gasteiger charge is 2.12. The molecule has 0 aliphatic heterocycles.